The van der Waals surface area contributed by atoms with Crippen molar-refractivity contribution >= 4 is 27.5 Å². The highest BCUT2D eigenvalue weighted by atomic mass is 32.2. The van der Waals surface area contributed by atoms with E-state index >= 15 is 0 Å². The minimum absolute atomic E-state index is 0.0624. The van der Waals surface area contributed by atoms with Gasteiger partial charge in [0.1, 0.15) is 0 Å². The zero-order valence-electron chi connectivity index (χ0n) is 16.3. The van der Waals surface area contributed by atoms with Crippen molar-refractivity contribution in [2.45, 2.75) is 16.7 Å². The number of anilines is 1. The zero-order chi connectivity index (χ0) is 21.5. The molecule has 154 valence electrons. The summed E-state index contributed by atoms with van der Waals surface area (Å²) in [7, 11) is -3.86. The van der Waals surface area contributed by atoms with Crippen LogP contribution in [0.1, 0.15) is 34.1 Å². The van der Waals surface area contributed by atoms with E-state index in [0.29, 0.717) is 5.69 Å². The smallest absolute Gasteiger partial charge is 0.238 e. The van der Waals surface area contributed by atoms with Crippen molar-refractivity contribution in [3.63, 3.8) is 0 Å². The van der Waals surface area contributed by atoms with Gasteiger partial charge in [0.05, 0.1) is 22.4 Å². The Kier molecular flexibility index (Phi) is 3.65. The maximum absolute atomic E-state index is 13.6. The number of hydrogen-bond donors (Lipinski definition) is 1. The molecule has 1 fully saturated rings. The van der Waals surface area contributed by atoms with Crippen molar-refractivity contribution in [3.8, 4) is 0 Å². The number of nitrogens with two attached hydrogens (primary N) is 1. The van der Waals surface area contributed by atoms with Crippen LogP contribution in [0.3, 0.4) is 0 Å². The number of primary sulfonamides is 1. The summed E-state index contributed by atoms with van der Waals surface area (Å²) >= 11 is 0. The third-order valence-corrected chi connectivity index (χ3v) is 7.80. The molecule has 3 aromatic carbocycles. The van der Waals surface area contributed by atoms with Crippen molar-refractivity contribution in [1.29, 1.82) is 0 Å². The third-order valence-electron chi connectivity index (χ3n) is 6.87. The van der Waals surface area contributed by atoms with Gasteiger partial charge in [-0.15, -0.1) is 0 Å². The lowest BCUT2D eigenvalue weighted by Crippen LogP contribution is -2.41. The summed E-state index contributed by atoms with van der Waals surface area (Å²) in [5.74, 6) is -1.77. The van der Waals surface area contributed by atoms with E-state index in [9.17, 15) is 18.0 Å². The number of rotatable bonds is 2. The molecule has 7 heteroatoms. The molecule has 1 saturated heterocycles. The number of amides is 2. The predicted molar refractivity (Wildman–Crippen MR) is 114 cm³/mol. The van der Waals surface area contributed by atoms with Crippen LogP contribution in [0, 0.1) is 11.8 Å². The molecule has 3 aromatic rings. The first kappa shape index (κ1) is 18.5. The summed E-state index contributed by atoms with van der Waals surface area (Å²) in [5.41, 5.74) is 4.81. The van der Waals surface area contributed by atoms with Crippen LogP contribution in [0.4, 0.5) is 5.69 Å². The first-order valence-electron chi connectivity index (χ1n) is 10.1. The molecule has 3 aliphatic carbocycles. The van der Waals surface area contributed by atoms with E-state index in [1.165, 1.54) is 29.2 Å². The Labute approximate surface area is 179 Å². The molecule has 2 amide bonds. The van der Waals surface area contributed by atoms with E-state index in [-0.39, 0.29) is 28.5 Å². The van der Waals surface area contributed by atoms with Crippen LogP contribution in [-0.2, 0) is 19.6 Å². The van der Waals surface area contributed by atoms with Crippen molar-refractivity contribution in [2.24, 2.45) is 17.0 Å². The highest BCUT2D eigenvalue weighted by molar-refractivity contribution is 7.89. The Morgan fingerprint density at radius 3 is 1.39 bits per heavy atom. The summed E-state index contributed by atoms with van der Waals surface area (Å²) in [6.07, 6.45) is 0. The Morgan fingerprint density at radius 2 is 1.03 bits per heavy atom. The van der Waals surface area contributed by atoms with E-state index in [2.05, 4.69) is 24.3 Å². The minimum Gasteiger partial charge on any atom is -0.274 e. The number of hydrogen-bond acceptors (Lipinski definition) is 4. The first-order valence-corrected chi connectivity index (χ1v) is 11.6. The van der Waals surface area contributed by atoms with Crippen LogP contribution in [0.5, 0.6) is 0 Å². The molecule has 2 bridgehead atoms. The minimum atomic E-state index is -3.86. The van der Waals surface area contributed by atoms with Crippen LogP contribution >= 0.6 is 0 Å². The summed E-state index contributed by atoms with van der Waals surface area (Å²) in [6, 6.07) is 21.7. The number of nitrogens with zero attached hydrogens (tertiary/aromatic N) is 1. The van der Waals surface area contributed by atoms with Crippen molar-refractivity contribution < 1.29 is 18.0 Å². The Hall–Kier alpha value is -3.29. The van der Waals surface area contributed by atoms with Crippen molar-refractivity contribution in [2.75, 3.05) is 4.90 Å². The van der Waals surface area contributed by atoms with Crippen LogP contribution in [-0.4, -0.2) is 20.2 Å². The average Bonchev–Trinajstić information content (AvgIpc) is 3.04. The fourth-order valence-electron chi connectivity index (χ4n) is 5.72. The van der Waals surface area contributed by atoms with Crippen LogP contribution in [0.2, 0.25) is 0 Å². The fourth-order valence-corrected chi connectivity index (χ4v) is 6.23. The number of carbonyl (C=O) groups is 2. The predicted octanol–water partition coefficient (Wildman–Crippen LogP) is 2.73. The van der Waals surface area contributed by atoms with Gasteiger partial charge in [-0.3, -0.25) is 9.59 Å². The molecule has 6 nitrogen and oxygen atoms in total. The van der Waals surface area contributed by atoms with Crippen LogP contribution < -0.4 is 10.0 Å². The number of carbonyl (C=O) groups excluding carboxylic acids is 2. The average molecular weight is 430 g/mol. The molecular formula is C24H18N2O4S. The van der Waals surface area contributed by atoms with E-state index in [1.54, 1.807) is 0 Å². The molecule has 1 heterocycles. The number of sulfonamides is 1. The molecule has 1 aliphatic heterocycles. The first-order chi connectivity index (χ1) is 14.9. The van der Waals surface area contributed by atoms with Crippen LogP contribution in [0.15, 0.2) is 77.7 Å². The lowest BCUT2D eigenvalue weighted by atomic mass is 9.55. The fraction of sp³-hybridized carbons (Fsp3) is 0.167. The quantitative estimate of drug-likeness (QED) is 0.632. The second-order valence-corrected chi connectivity index (χ2v) is 9.88. The standard InChI is InChI=1S/C24H18N2O4S/c25-31(29,30)14-11-9-13(10-12-14)26-23(27)21-19-15-5-1-2-6-16(15)20(22(21)24(26)28)18-8-4-3-7-17(18)19/h1-12,19-22H,(H2,25,29,30)/t19?,20?,21-,22+. The molecule has 0 aromatic heterocycles. The van der Waals surface area contributed by atoms with E-state index in [4.69, 9.17) is 5.14 Å². The highest BCUT2D eigenvalue weighted by Gasteiger charge is 2.61. The second kappa shape index (κ2) is 6.12. The van der Waals surface area contributed by atoms with Crippen LogP contribution in [0.25, 0.3) is 0 Å². The Balaban J connectivity index is 1.50. The van der Waals surface area contributed by atoms with Gasteiger partial charge in [-0.05, 0) is 46.5 Å². The van der Waals surface area contributed by atoms with E-state index in [1.807, 2.05) is 24.3 Å². The normalized spacial score (nSPS) is 25.9. The molecule has 0 radical (unpaired) electrons. The van der Waals surface area contributed by atoms with Crippen molar-refractivity contribution in [1.82, 2.24) is 0 Å². The molecule has 7 rings (SSSR count). The van der Waals surface area contributed by atoms with E-state index < -0.39 is 21.9 Å². The SMILES string of the molecule is NS(=O)(=O)c1ccc(N2C(=O)[C@@H]3C4c5ccccc5C(c5ccccc54)[C@@H]3C2=O)cc1. The Bertz CT molecular complexity index is 1270. The molecule has 2 atom stereocenters. The second-order valence-electron chi connectivity index (χ2n) is 8.32. The maximum atomic E-state index is 13.6. The van der Waals surface area contributed by atoms with E-state index in [0.717, 1.165) is 22.3 Å². The van der Waals surface area contributed by atoms with Crippen molar-refractivity contribution in [3.05, 3.63) is 95.1 Å². The number of benzene rings is 3. The van der Waals surface area contributed by atoms with Gasteiger partial charge in [0.15, 0.2) is 0 Å². The third kappa shape index (κ3) is 2.38. The lowest BCUT2D eigenvalue weighted by Gasteiger charge is -2.45. The summed E-state index contributed by atoms with van der Waals surface area (Å²) in [6.45, 7) is 0. The van der Waals surface area contributed by atoms with Gasteiger partial charge in [-0.25, -0.2) is 18.5 Å². The summed E-state index contributed by atoms with van der Waals surface area (Å²) < 4.78 is 23.2. The molecular weight excluding hydrogens is 412 g/mol. The molecule has 31 heavy (non-hydrogen) atoms. The van der Waals surface area contributed by atoms with Gasteiger partial charge >= 0.3 is 0 Å². The monoisotopic (exact) mass is 430 g/mol. The zero-order valence-corrected chi connectivity index (χ0v) is 17.1. The molecule has 0 saturated carbocycles. The van der Waals surface area contributed by atoms with Gasteiger partial charge in [-0.1, -0.05) is 48.5 Å². The van der Waals surface area contributed by atoms with Gasteiger partial charge in [0, 0.05) is 11.8 Å². The molecule has 2 N–H and O–H groups in total. The molecule has 0 unspecified atom stereocenters. The number of imide groups is 1. The highest BCUT2D eigenvalue weighted by Crippen LogP contribution is 2.61. The topological polar surface area (TPSA) is 97.5 Å². The molecule has 4 aliphatic rings. The lowest BCUT2D eigenvalue weighted by molar-refractivity contribution is -0.122. The largest absolute Gasteiger partial charge is 0.274 e. The van der Waals surface area contributed by atoms with Gasteiger partial charge < -0.3 is 0 Å². The van der Waals surface area contributed by atoms with Gasteiger partial charge in [-0.2, -0.15) is 0 Å². The van der Waals surface area contributed by atoms with Gasteiger partial charge in [0.2, 0.25) is 21.8 Å². The molecule has 0 spiro atoms. The maximum Gasteiger partial charge on any atom is 0.238 e. The summed E-state index contributed by atoms with van der Waals surface area (Å²) in [4.78, 5) is 28.4. The Morgan fingerprint density at radius 1 is 0.645 bits per heavy atom. The van der Waals surface area contributed by atoms with Gasteiger partial charge in [0.25, 0.3) is 0 Å². The summed E-state index contributed by atoms with van der Waals surface area (Å²) in [5, 5.41) is 5.18.